The molecule has 1 aliphatic heterocycles. The Hall–Kier alpha value is -2.13. The zero-order valence-corrected chi connectivity index (χ0v) is 13.4. The molecule has 1 aromatic rings. The Balaban J connectivity index is 2.53. The SMILES string of the molecule is COC(=O)[C@@H]1[C@@H](c2ccc(OC)cc2)NC(=O)N[C@@]1(O)C(F)(F)Cl. The summed E-state index contributed by atoms with van der Waals surface area (Å²) in [6.07, 6.45) is 0. The summed E-state index contributed by atoms with van der Waals surface area (Å²) in [4.78, 5) is 23.8. The van der Waals surface area contributed by atoms with E-state index >= 15 is 0 Å². The van der Waals surface area contributed by atoms with Gasteiger partial charge in [-0.1, -0.05) is 12.1 Å². The molecule has 1 fully saturated rings. The van der Waals surface area contributed by atoms with E-state index in [1.165, 1.54) is 31.4 Å². The number of nitrogens with one attached hydrogen (secondary N) is 2. The van der Waals surface area contributed by atoms with Crippen LogP contribution in [-0.2, 0) is 9.53 Å². The molecule has 0 bridgehead atoms. The minimum Gasteiger partial charge on any atom is -0.497 e. The number of rotatable bonds is 4. The van der Waals surface area contributed by atoms with Gasteiger partial charge < -0.3 is 25.2 Å². The van der Waals surface area contributed by atoms with Crippen LogP contribution < -0.4 is 15.4 Å². The Morgan fingerprint density at radius 1 is 1.33 bits per heavy atom. The number of hydrogen-bond acceptors (Lipinski definition) is 5. The van der Waals surface area contributed by atoms with Crippen molar-refractivity contribution >= 4 is 23.6 Å². The number of carbonyl (C=O) groups excluding carboxylic acids is 2. The standard InChI is InChI=1S/C14H15ClF2N2O5/c1-23-8-5-3-7(4-6-8)10-9(11(20)24-2)13(22,14(15,16)17)19-12(21)18-10/h3-6,9-10,22H,1-2H3,(H2,18,19,21)/t9-,10+,13-/m0/s1. The number of carbonyl (C=O) groups is 2. The summed E-state index contributed by atoms with van der Waals surface area (Å²) in [6, 6.07) is 3.52. The number of benzene rings is 1. The zero-order chi connectivity index (χ0) is 18.1. The van der Waals surface area contributed by atoms with Crippen molar-refractivity contribution in [2.75, 3.05) is 14.2 Å². The molecule has 132 valence electrons. The van der Waals surface area contributed by atoms with Crippen LogP contribution in [0.4, 0.5) is 13.6 Å². The predicted molar refractivity (Wildman–Crippen MR) is 78.7 cm³/mol. The van der Waals surface area contributed by atoms with Crippen molar-refractivity contribution in [3.05, 3.63) is 29.8 Å². The highest BCUT2D eigenvalue weighted by molar-refractivity contribution is 6.22. The summed E-state index contributed by atoms with van der Waals surface area (Å²) >= 11 is 4.96. The van der Waals surface area contributed by atoms with Gasteiger partial charge in [0, 0.05) is 0 Å². The number of hydrogen-bond donors (Lipinski definition) is 3. The third kappa shape index (κ3) is 3.09. The fraction of sp³-hybridized carbons (Fsp3) is 0.429. The van der Waals surface area contributed by atoms with Gasteiger partial charge in [-0.2, -0.15) is 8.78 Å². The van der Waals surface area contributed by atoms with Gasteiger partial charge >= 0.3 is 17.4 Å². The highest BCUT2D eigenvalue weighted by atomic mass is 35.5. The molecule has 3 atom stereocenters. The molecular weight excluding hydrogens is 350 g/mol. The van der Waals surface area contributed by atoms with E-state index in [1.54, 1.807) is 5.32 Å². The number of ether oxygens (including phenoxy) is 2. The molecule has 0 aromatic heterocycles. The first-order valence-corrected chi connectivity index (χ1v) is 7.11. The minimum atomic E-state index is -4.33. The summed E-state index contributed by atoms with van der Waals surface area (Å²) in [5, 5.41) is 9.90. The average Bonchev–Trinajstić information content (AvgIpc) is 2.52. The molecular formula is C14H15ClF2N2O5. The minimum absolute atomic E-state index is 0.278. The lowest BCUT2D eigenvalue weighted by Crippen LogP contribution is -2.72. The van der Waals surface area contributed by atoms with E-state index in [9.17, 15) is 23.5 Å². The van der Waals surface area contributed by atoms with Crippen LogP contribution in [0.1, 0.15) is 11.6 Å². The van der Waals surface area contributed by atoms with E-state index in [-0.39, 0.29) is 5.56 Å². The molecule has 0 unspecified atom stereocenters. The van der Waals surface area contributed by atoms with Gasteiger partial charge in [-0.15, -0.1) is 0 Å². The quantitative estimate of drug-likeness (QED) is 0.553. The van der Waals surface area contributed by atoms with Gasteiger partial charge in [0.2, 0.25) is 5.72 Å². The third-order valence-corrected chi connectivity index (χ3v) is 4.02. The van der Waals surface area contributed by atoms with Crippen LogP contribution in [0.15, 0.2) is 24.3 Å². The van der Waals surface area contributed by atoms with Crippen molar-refractivity contribution in [2.24, 2.45) is 5.92 Å². The molecule has 0 aliphatic carbocycles. The molecule has 0 saturated carbocycles. The van der Waals surface area contributed by atoms with Crippen molar-refractivity contribution in [3.8, 4) is 5.75 Å². The van der Waals surface area contributed by atoms with Gasteiger partial charge in [0.1, 0.15) is 11.7 Å². The Bertz CT molecular complexity index is 637. The normalized spacial score (nSPS) is 27.0. The smallest absolute Gasteiger partial charge is 0.369 e. The number of esters is 1. The van der Waals surface area contributed by atoms with E-state index in [2.05, 4.69) is 10.1 Å². The third-order valence-electron chi connectivity index (χ3n) is 3.74. The molecule has 2 rings (SSSR count). The van der Waals surface area contributed by atoms with Gasteiger partial charge in [0.15, 0.2) is 0 Å². The van der Waals surface area contributed by atoms with Gasteiger partial charge in [-0.05, 0) is 29.3 Å². The van der Waals surface area contributed by atoms with E-state index in [0.717, 1.165) is 7.11 Å². The number of urea groups is 1. The van der Waals surface area contributed by atoms with Crippen LogP contribution in [0, 0.1) is 5.92 Å². The maximum atomic E-state index is 13.8. The molecule has 1 saturated heterocycles. The molecule has 24 heavy (non-hydrogen) atoms. The van der Waals surface area contributed by atoms with Crippen LogP contribution in [0.25, 0.3) is 0 Å². The lowest BCUT2D eigenvalue weighted by atomic mass is 9.82. The Labute approximate surface area is 140 Å². The second-order valence-corrected chi connectivity index (χ2v) is 5.59. The first kappa shape index (κ1) is 18.2. The first-order valence-electron chi connectivity index (χ1n) is 6.73. The number of aliphatic hydroxyl groups is 1. The summed E-state index contributed by atoms with van der Waals surface area (Å²) in [7, 11) is 2.40. The summed E-state index contributed by atoms with van der Waals surface area (Å²) in [5.74, 6) is -2.60. The molecule has 0 radical (unpaired) electrons. The Morgan fingerprint density at radius 3 is 2.38 bits per heavy atom. The molecule has 1 aromatic carbocycles. The number of alkyl halides is 3. The van der Waals surface area contributed by atoms with Crippen LogP contribution in [0.5, 0.6) is 5.75 Å². The maximum absolute atomic E-state index is 13.8. The van der Waals surface area contributed by atoms with Gasteiger partial charge in [0.05, 0.1) is 20.3 Å². The highest BCUT2D eigenvalue weighted by Gasteiger charge is 2.65. The summed E-state index contributed by atoms with van der Waals surface area (Å²) < 4.78 is 37.0. The van der Waals surface area contributed by atoms with Crippen molar-refractivity contribution in [2.45, 2.75) is 17.1 Å². The fourth-order valence-corrected chi connectivity index (χ4v) is 2.69. The van der Waals surface area contributed by atoms with E-state index in [1.807, 2.05) is 0 Å². The lowest BCUT2D eigenvalue weighted by Gasteiger charge is -2.45. The molecule has 0 spiro atoms. The molecule has 1 aliphatic rings. The first-order chi connectivity index (χ1) is 11.1. The maximum Gasteiger partial charge on any atom is 0.369 e. The molecule has 1 heterocycles. The summed E-state index contributed by atoms with van der Waals surface area (Å²) in [6.45, 7) is 0. The fourth-order valence-electron chi connectivity index (χ4n) is 2.52. The number of methoxy groups -OCH3 is 2. The largest absolute Gasteiger partial charge is 0.497 e. The molecule has 3 N–H and O–H groups in total. The average molecular weight is 365 g/mol. The van der Waals surface area contributed by atoms with Crippen molar-refractivity contribution in [1.29, 1.82) is 0 Å². The van der Waals surface area contributed by atoms with Crippen molar-refractivity contribution < 1.29 is 33.0 Å². The molecule has 10 heteroatoms. The van der Waals surface area contributed by atoms with E-state index < -0.39 is 35.1 Å². The van der Waals surface area contributed by atoms with Gasteiger partial charge in [-0.3, -0.25) is 4.79 Å². The Kier molecular flexibility index (Phi) is 4.86. The molecule has 7 nitrogen and oxygen atoms in total. The zero-order valence-electron chi connectivity index (χ0n) is 12.7. The molecule has 2 amide bonds. The topological polar surface area (TPSA) is 96.9 Å². The number of halogens is 3. The van der Waals surface area contributed by atoms with Crippen LogP contribution in [0.3, 0.4) is 0 Å². The number of amides is 2. The Morgan fingerprint density at radius 2 is 1.92 bits per heavy atom. The monoisotopic (exact) mass is 364 g/mol. The van der Waals surface area contributed by atoms with Crippen molar-refractivity contribution in [1.82, 2.24) is 10.6 Å². The van der Waals surface area contributed by atoms with Crippen LogP contribution in [-0.4, -0.2) is 42.4 Å². The summed E-state index contributed by atoms with van der Waals surface area (Å²) in [5.41, 5.74) is -3.06. The predicted octanol–water partition coefficient (Wildman–Crippen LogP) is 1.36. The van der Waals surface area contributed by atoms with Crippen LogP contribution in [0.2, 0.25) is 0 Å². The van der Waals surface area contributed by atoms with E-state index in [0.29, 0.717) is 5.75 Å². The second-order valence-electron chi connectivity index (χ2n) is 5.11. The van der Waals surface area contributed by atoms with Gasteiger partial charge in [0.25, 0.3) is 0 Å². The lowest BCUT2D eigenvalue weighted by molar-refractivity contribution is -0.201. The van der Waals surface area contributed by atoms with Gasteiger partial charge in [-0.25, -0.2) is 4.79 Å². The van der Waals surface area contributed by atoms with Crippen molar-refractivity contribution in [3.63, 3.8) is 0 Å². The highest BCUT2D eigenvalue weighted by Crippen LogP contribution is 2.44. The second kappa shape index (κ2) is 6.40. The van der Waals surface area contributed by atoms with Crippen LogP contribution >= 0.6 is 11.6 Å². The van der Waals surface area contributed by atoms with E-state index in [4.69, 9.17) is 16.3 Å².